The van der Waals surface area contributed by atoms with Crippen LogP contribution in [0, 0.1) is 17.1 Å². The zero-order valence-electron chi connectivity index (χ0n) is 22.0. The molecule has 0 saturated heterocycles. The number of unbranched alkanes of at least 4 members (excludes halogenated alkanes) is 1. The molecule has 1 aromatic heterocycles. The van der Waals surface area contributed by atoms with E-state index in [0.29, 0.717) is 47.5 Å². The molecule has 0 radical (unpaired) electrons. The molecule has 6 heteroatoms. The second-order valence-electron chi connectivity index (χ2n) is 9.85. The maximum Gasteiger partial charge on any atom is 0.261 e. The van der Waals surface area contributed by atoms with Crippen molar-refractivity contribution in [2.75, 3.05) is 6.61 Å². The Morgan fingerprint density at radius 2 is 1.97 bits per heavy atom. The van der Waals surface area contributed by atoms with Gasteiger partial charge in [-0.1, -0.05) is 44.6 Å². The lowest BCUT2D eigenvalue weighted by molar-refractivity contribution is 0.357. The van der Waals surface area contributed by atoms with Crippen molar-refractivity contribution >= 4 is 5.57 Å². The lowest BCUT2D eigenvalue weighted by Gasteiger charge is -2.18. The minimum absolute atomic E-state index is 0.144. The molecular weight excluding hydrogens is 477 g/mol. The minimum Gasteiger partial charge on any atom is -0.493 e. The predicted molar refractivity (Wildman–Crippen MR) is 147 cm³/mol. The summed E-state index contributed by atoms with van der Waals surface area (Å²) in [4.78, 5) is 19.0. The van der Waals surface area contributed by atoms with Crippen molar-refractivity contribution in [3.05, 3.63) is 104 Å². The Morgan fingerprint density at radius 3 is 2.74 bits per heavy atom. The molecule has 0 amide bonds. The van der Waals surface area contributed by atoms with E-state index in [1.54, 1.807) is 10.6 Å². The molecular formula is C32H32FN3O2. The molecule has 3 aromatic rings. The first-order chi connectivity index (χ1) is 18.5. The first-order valence-electron chi connectivity index (χ1n) is 13.5. The molecule has 5 nitrogen and oxygen atoms in total. The van der Waals surface area contributed by atoms with Crippen molar-refractivity contribution < 1.29 is 9.13 Å². The molecule has 2 aliphatic rings. The van der Waals surface area contributed by atoms with Crippen molar-refractivity contribution in [1.29, 1.82) is 5.26 Å². The third-order valence-electron chi connectivity index (χ3n) is 7.35. The molecule has 0 atom stereocenters. The average Bonchev–Trinajstić information content (AvgIpc) is 3.42. The van der Waals surface area contributed by atoms with Gasteiger partial charge in [0.25, 0.3) is 5.56 Å². The molecule has 38 heavy (non-hydrogen) atoms. The van der Waals surface area contributed by atoms with E-state index < -0.39 is 0 Å². The van der Waals surface area contributed by atoms with Gasteiger partial charge in [0.05, 0.1) is 29.6 Å². The number of fused-ring (bicyclic) bond motifs is 1. The topological polar surface area (TPSA) is 67.9 Å². The van der Waals surface area contributed by atoms with Crippen LogP contribution >= 0.6 is 0 Å². The summed E-state index contributed by atoms with van der Waals surface area (Å²) in [6.07, 6.45) is 9.67. The highest BCUT2D eigenvalue weighted by atomic mass is 19.1. The van der Waals surface area contributed by atoms with Crippen LogP contribution in [0.25, 0.3) is 11.3 Å². The predicted octanol–water partition coefficient (Wildman–Crippen LogP) is 6.43. The summed E-state index contributed by atoms with van der Waals surface area (Å²) in [6, 6.07) is 13.1. The fourth-order valence-electron chi connectivity index (χ4n) is 5.30. The number of ether oxygens (including phenoxy) is 1. The molecule has 1 aliphatic heterocycles. The Kier molecular flexibility index (Phi) is 7.55. The number of benzene rings is 2. The second-order valence-corrected chi connectivity index (χ2v) is 9.85. The molecule has 194 valence electrons. The van der Waals surface area contributed by atoms with Crippen LogP contribution in [0.1, 0.15) is 73.3 Å². The van der Waals surface area contributed by atoms with E-state index in [0.717, 1.165) is 60.4 Å². The lowest BCUT2D eigenvalue weighted by atomic mass is 9.91. The normalized spacial score (nSPS) is 14.4. The summed E-state index contributed by atoms with van der Waals surface area (Å²) in [5.41, 5.74) is 5.47. The number of allylic oxidation sites excluding steroid dienone is 4. The van der Waals surface area contributed by atoms with Crippen LogP contribution in [0.15, 0.2) is 58.9 Å². The Bertz CT molecular complexity index is 1540. The number of aryl methyl sites for hydroxylation is 2. The number of hydrogen-bond acceptors (Lipinski definition) is 4. The van der Waals surface area contributed by atoms with Gasteiger partial charge in [-0.05, 0) is 72.2 Å². The van der Waals surface area contributed by atoms with Gasteiger partial charge in [0.1, 0.15) is 17.4 Å². The largest absolute Gasteiger partial charge is 0.493 e. The summed E-state index contributed by atoms with van der Waals surface area (Å²) in [5.74, 6) is 1.18. The summed E-state index contributed by atoms with van der Waals surface area (Å²) < 4.78 is 22.8. The van der Waals surface area contributed by atoms with Crippen LogP contribution in [0.5, 0.6) is 5.75 Å². The van der Waals surface area contributed by atoms with Crippen molar-refractivity contribution in [2.24, 2.45) is 0 Å². The number of rotatable bonds is 8. The summed E-state index contributed by atoms with van der Waals surface area (Å²) in [5, 5.41) is 9.48. The van der Waals surface area contributed by atoms with Crippen LogP contribution in [0.4, 0.5) is 4.39 Å². The summed E-state index contributed by atoms with van der Waals surface area (Å²) in [7, 11) is 0. The molecule has 5 rings (SSSR count). The molecule has 2 aromatic carbocycles. The van der Waals surface area contributed by atoms with Crippen LogP contribution < -0.4 is 10.3 Å². The highest BCUT2D eigenvalue weighted by Crippen LogP contribution is 2.30. The Morgan fingerprint density at radius 1 is 1.13 bits per heavy atom. The number of nitriles is 1. The Hall–Kier alpha value is -3.98. The van der Waals surface area contributed by atoms with Gasteiger partial charge in [-0.3, -0.25) is 9.36 Å². The molecule has 0 N–H and O–H groups in total. The van der Waals surface area contributed by atoms with Gasteiger partial charge < -0.3 is 4.74 Å². The molecule has 0 saturated carbocycles. The van der Waals surface area contributed by atoms with Gasteiger partial charge in [-0.25, -0.2) is 9.37 Å². The number of aromatic nitrogens is 2. The van der Waals surface area contributed by atoms with Crippen molar-refractivity contribution in [3.63, 3.8) is 0 Å². The summed E-state index contributed by atoms with van der Waals surface area (Å²) >= 11 is 0. The van der Waals surface area contributed by atoms with Crippen LogP contribution in [-0.2, 0) is 25.7 Å². The first-order valence-corrected chi connectivity index (χ1v) is 13.5. The van der Waals surface area contributed by atoms with Gasteiger partial charge in [-0.2, -0.15) is 5.26 Å². The van der Waals surface area contributed by atoms with Gasteiger partial charge in [-0.15, -0.1) is 0 Å². The highest BCUT2D eigenvalue weighted by Gasteiger charge is 2.21. The van der Waals surface area contributed by atoms with E-state index in [1.807, 2.05) is 43.3 Å². The third-order valence-corrected chi connectivity index (χ3v) is 7.35. The monoisotopic (exact) mass is 509 g/mol. The van der Waals surface area contributed by atoms with Gasteiger partial charge in [0.2, 0.25) is 0 Å². The number of nitrogens with zero attached hydrogens (tertiary/aromatic N) is 3. The quantitative estimate of drug-likeness (QED) is 0.351. The third kappa shape index (κ3) is 4.93. The zero-order chi connectivity index (χ0) is 26.6. The maximum atomic E-state index is 15.5. The molecule has 0 spiro atoms. The zero-order valence-corrected chi connectivity index (χ0v) is 22.0. The van der Waals surface area contributed by atoms with E-state index in [2.05, 4.69) is 13.0 Å². The molecule has 0 fully saturated rings. The number of hydrogen-bond donors (Lipinski definition) is 0. The summed E-state index contributed by atoms with van der Waals surface area (Å²) in [6.45, 7) is 4.75. The molecule has 1 aliphatic carbocycles. The van der Waals surface area contributed by atoms with Crippen molar-refractivity contribution in [3.8, 4) is 17.5 Å². The van der Waals surface area contributed by atoms with E-state index in [-0.39, 0.29) is 17.8 Å². The van der Waals surface area contributed by atoms with Crippen molar-refractivity contribution in [2.45, 2.75) is 65.2 Å². The highest BCUT2D eigenvalue weighted by molar-refractivity contribution is 5.83. The maximum absolute atomic E-state index is 15.5. The van der Waals surface area contributed by atoms with Crippen LogP contribution in [-0.4, -0.2) is 16.2 Å². The SMILES string of the molecule is CCCCc1nc(CC)n(-c2ccc3c(c2)CCO3)c(=O)c1Cc1ccc(C2=CCCC=C2C#N)cc1F. The van der Waals surface area contributed by atoms with E-state index in [4.69, 9.17) is 9.72 Å². The Labute approximate surface area is 222 Å². The minimum atomic E-state index is -0.382. The average molecular weight is 510 g/mol. The van der Waals surface area contributed by atoms with E-state index in [1.165, 1.54) is 6.07 Å². The second kappa shape index (κ2) is 11.2. The molecule has 2 heterocycles. The lowest BCUT2D eigenvalue weighted by Crippen LogP contribution is -2.29. The van der Waals surface area contributed by atoms with Gasteiger partial charge in [0, 0.05) is 24.8 Å². The van der Waals surface area contributed by atoms with Gasteiger partial charge >= 0.3 is 0 Å². The smallest absolute Gasteiger partial charge is 0.261 e. The van der Waals surface area contributed by atoms with E-state index in [9.17, 15) is 10.1 Å². The fourth-order valence-corrected chi connectivity index (χ4v) is 5.30. The first kappa shape index (κ1) is 25.7. The number of halogens is 1. The fraction of sp³-hybridized carbons (Fsp3) is 0.344. The van der Waals surface area contributed by atoms with Crippen molar-refractivity contribution in [1.82, 2.24) is 9.55 Å². The molecule has 0 unspecified atom stereocenters. The van der Waals surface area contributed by atoms with E-state index >= 15 is 4.39 Å². The molecule has 0 bridgehead atoms. The van der Waals surface area contributed by atoms with Crippen LogP contribution in [0.2, 0.25) is 0 Å². The van der Waals surface area contributed by atoms with Gasteiger partial charge in [0.15, 0.2) is 0 Å². The standard InChI is InChI=1S/C32H32FN3O2/c1-3-5-10-29-27(18-22-12-11-21(19-28(22)33)26-9-7-6-8-24(26)20-34)32(37)36(31(4-2)35-29)25-13-14-30-23(17-25)15-16-38-30/h8-9,11-14,17,19H,3-7,10,15-16,18H2,1-2H3. The van der Waals surface area contributed by atoms with Crippen LogP contribution in [0.3, 0.4) is 0 Å². The Balaban J connectivity index is 1.57.